The summed E-state index contributed by atoms with van der Waals surface area (Å²) in [5.74, 6) is 0.717. The van der Waals surface area contributed by atoms with Crippen LogP contribution in [0.4, 0.5) is 0 Å². The number of aromatic nitrogens is 2. The van der Waals surface area contributed by atoms with Gasteiger partial charge < -0.3 is 9.72 Å². The Morgan fingerprint density at radius 2 is 2.33 bits per heavy atom. The molecule has 6 heteroatoms. The molecule has 3 heterocycles. The minimum atomic E-state index is -0.00265. The zero-order chi connectivity index (χ0) is 16.7. The first-order chi connectivity index (χ1) is 11.6. The number of hydrogen-bond donors (Lipinski definition) is 1. The van der Waals surface area contributed by atoms with Crippen molar-refractivity contribution in [2.45, 2.75) is 32.7 Å². The van der Waals surface area contributed by atoms with Crippen LogP contribution in [0.3, 0.4) is 0 Å². The number of hydrogen-bond acceptors (Lipinski definition) is 3. The summed E-state index contributed by atoms with van der Waals surface area (Å²) in [4.78, 5) is 18.4. The fraction of sp³-hybridized carbons (Fsp3) is 0.333. The van der Waals surface area contributed by atoms with Crippen LogP contribution >= 0.6 is 22.9 Å². The highest BCUT2D eigenvalue weighted by atomic mass is 35.5. The second-order valence-corrected chi connectivity index (χ2v) is 7.83. The van der Waals surface area contributed by atoms with Crippen LogP contribution in [0.25, 0.3) is 5.65 Å². The van der Waals surface area contributed by atoms with Crippen molar-refractivity contribution in [2.24, 2.45) is 5.92 Å². The molecule has 0 radical (unpaired) electrons. The Kier molecular flexibility index (Phi) is 4.06. The molecule has 0 bridgehead atoms. The lowest BCUT2D eigenvalue weighted by atomic mass is 9.88. The molecule has 0 spiro atoms. The van der Waals surface area contributed by atoms with Crippen LogP contribution < -0.4 is 5.32 Å². The largest absolute Gasteiger partial charge is 0.346 e. The second kappa shape index (κ2) is 6.22. The standard InChI is InChI=1S/C18H18ClN3OS/c1-11-2-4-14-15(10-24-16(14)6-11)18(23)20-7-13-9-22-8-12(19)3-5-17(22)21-13/h3,5,8-11H,2,4,6-7H2,1H3,(H,20,23). The van der Waals surface area contributed by atoms with Crippen LogP contribution in [0.15, 0.2) is 29.9 Å². The summed E-state index contributed by atoms with van der Waals surface area (Å²) in [5.41, 5.74) is 3.74. The van der Waals surface area contributed by atoms with Gasteiger partial charge in [-0.25, -0.2) is 4.98 Å². The minimum Gasteiger partial charge on any atom is -0.346 e. The van der Waals surface area contributed by atoms with E-state index in [1.807, 2.05) is 34.3 Å². The van der Waals surface area contributed by atoms with Crippen LogP contribution in [0.5, 0.6) is 0 Å². The lowest BCUT2D eigenvalue weighted by Gasteiger charge is -2.18. The number of imidazole rings is 1. The van der Waals surface area contributed by atoms with Crippen LogP contribution in [0.2, 0.25) is 5.02 Å². The first kappa shape index (κ1) is 15.7. The number of amides is 1. The van der Waals surface area contributed by atoms with Crippen molar-refractivity contribution in [3.05, 3.63) is 56.6 Å². The van der Waals surface area contributed by atoms with E-state index in [0.29, 0.717) is 11.6 Å². The lowest BCUT2D eigenvalue weighted by Crippen LogP contribution is -2.24. The monoisotopic (exact) mass is 359 g/mol. The van der Waals surface area contributed by atoms with Gasteiger partial charge in [-0.3, -0.25) is 4.79 Å². The van der Waals surface area contributed by atoms with E-state index in [2.05, 4.69) is 17.2 Å². The van der Waals surface area contributed by atoms with Crippen molar-refractivity contribution < 1.29 is 4.79 Å². The normalized spacial score (nSPS) is 17.0. The number of halogens is 1. The number of rotatable bonds is 3. The van der Waals surface area contributed by atoms with Gasteiger partial charge in [0, 0.05) is 22.7 Å². The summed E-state index contributed by atoms with van der Waals surface area (Å²) >= 11 is 7.70. The van der Waals surface area contributed by atoms with Gasteiger partial charge in [-0.05, 0) is 42.9 Å². The van der Waals surface area contributed by atoms with Crippen LogP contribution in [0.1, 0.15) is 39.8 Å². The van der Waals surface area contributed by atoms with E-state index < -0.39 is 0 Å². The first-order valence-electron chi connectivity index (χ1n) is 8.10. The molecule has 3 aromatic rings. The summed E-state index contributed by atoms with van der Waals surface area (Å²) in [6, 6.07) is 3.68. The van der Waals surface area contributed by atoms with Gasteiger partial charge in [0.05, 0.1) is 22.8 Å². The Bertz CT molecular complexity index is 914. The van der Waals surface area contributed by atoms with Gasteiger partial charge in [-0.2, -0.15) is 0 Å². The molecule has 1 aliphatic carbocycles. The Hall–Kier alpha value is -1.85. The molecule has 0 aromatic carbocycles. The Balaban J connectivity index is 1.48. The van der Waals surface area contributed by atoms with Crippen molar-refractivity contribution in [2.75, 3.05) is 0 Å². The van der Waals surface area contributed by atoms with E-state index in [-0.39, 0.29) is 5.91 Å². The summed E-state index contributed by atoms with van der Waals surface area (Å²) < 4.78 is 1.87. The molecule has 0 aliphatic heterocycles. The molecule has 24 heavy (non-hydrogen) atoms. The van der Waals surface area contributed by atoms with E-state index in [9.17, 15) is 4.79 Å². The zero-order valence-corrected chi connectivity index (χ0v) is 15.0. The quantitative estimate of drug-likeness (QED) is 0.765. The van der Waals surface area contributed by atoms with Gasteiger partial charge in [0.2, 0.25) is 0 Å². The predicted octanol–water partition coefficient (Wildman–Crippen LogP) is 4.10. The number of fused-ring (bicyclic) bond motifs is 2. The Morgan fingerprint density at radius 3 is 3.21 bits per heavy atom. The average Bonchev–Trinajstić information content (AvgIpc) is 3.15. The van der Waals surface area contributed by atoms with Gasteiger partial charge in [-0.1, -0.05) is 18.5 Å². The van der Waals surface area contributed by atoms with Gasteiger partial charge in [-0.15, -0.1) is 11.3 Å². The van der Waals surface area contributed by atoms with Gasteiger partial charge in [0.1, 0.15) is 5.65 Å². The zero-order valence-electron chi connectivity index (χ0n) is 13.4. The highest BCUT2D eigenvalue weighted by Crippen LogP contribution is 2.32. The van der Waals surface area contributed by atoms with Crippen LogP contribution in [-0.4, -0.2) is 15.3 Å². The van der Waals surface area contributed by atoms with Crippen molar-refractivity contribution in [1.29, 1.82) is 0 Å². The number of carbonyl (C=O) groups is 1. The Labute approximate surface area is 149 Å². The van der Waals surface area contributed by atoms with Crippen molar-refractivity contribution in [1.82, 2.24) is 14.7 Å². The summed E-state index contributed by atoms with van der Waals surface area (Å²) in [6.45, 7) is 2.69. The number of nitrogens with one attached hydrogen (secondary N) is 1. The molecular weight excluding hydrogens is 342 g/mol. The molecular formula is C18H18ClN3OS. The SMILES string of the molecule is CC1CCc2c(C(=O)NCc3cn4cc(Cl)ccc4n3)csc2C1. The fourth-order valence-corrected chi connectivity index (χ4v) is 4.65. The molecule has 4 nitrogen and oxygen atoms in total. The van der Waals surface area contributed by atoms with Gasteiger partial charge >= 0.3 is 0 Å². The molecule has 4 rings (SSSR count). The molecule has 0 fully saturated rings. The molecule has 1 atom stereocenters. The van der Waals surface area contributed by atoms with E-state index in [1.54, 1.807) is 11.3 Å². The van der Waals surface area contributed by atoms with E-state index >= 15 is 0 Å². The van der Waals surface area contributed by atoms with Gasteiger partial charge in [0.15, 0.2) is 0 Å². The average molecular weight is 360 g/mol. The number of carbonyl (C=O) groups excluding carboxylic acids is 1. The summed E-state index contributed by atoms with van der Waals surface area (Å²) in [5, 5.41) is 5.66. The molecule has 1 amide bonds. The molecule has 0 saturated heterocycles. The minimum absolute atomic E-state index is 0.00265. The van der Waals surface area contributed by atoms with Crippen LogP contribution in [0, 0.1) is 5.92 Å². The maximum absolute atomic E-state index is 12.5. The lowest BCUT2D eigenvalue weighted by molar-refractivity contribution is 0.0949. The first-order valence-corrected chi connectivity index (χ1v) is 9.36. The number of pyridine rings is 1. The molecule has 0 saturated carbocycles. The van der Waals surface area contributed by atoms with Crippen molar-refractivity contribution in [3.8, 4) is 0 Å². The molecule has 1 N–H and O–H groups in total. The maximum atomic E-state index is 12.5. The summed E-state index contributed by atoms with van der Waals surface area (Å²) in [6.07, 6.45) is 6.98. The van der Waals surface area contributed by atoms with E-state index in [1.165, 1.54) is 10.4 Å². The topological polar surface area (TPSA) is 46.4 Å². The number of thiophene rings is 1. The highest BCUT2D eigenvalue weighted by Gasteiger charge is 2.23. The van der Waals surface area contributed by atoms with Crippen molar-refractivity contribution in [3.63, 3.8) is 0 Å². The fourth-order valence-electron chi connectivity index (χ4n) is 3.24. The van der Waals surface area contributed by atoms with Gasteiger partial charge in [0.25, 0.3) is 5.91 Å². The van der Waals surface area contributed by atoms with E-state index in [0.717, 1.165) is 42.1 Å². The third kappa shape index (κ3) is 2.94. The molecule has 124 valence electrons. The van der Waals surface area contributed by atoms with Crippen LogP contribution in [-0.2, 0) is 19.4 Å². The number of nitrogens with zero attached hydrogens (tertiary/aromatic N) is 2. The second-order valence-electron chi connectivity index (χ2n) is 6.43. The molecule has 3 aromatic heterocycles. The van der Waals surface area contributed by atoms with E-state index in [4.69, 9.17) is 11.6 Å². The highest BCUT2D eigenvalue weighted by molar-refractivity contribution is 7.10. The molecule has 1 aliphatic rings. The smallest absolute Gasteiger partial charge is 0.252 e. The Morgan fingerprint density at radius 1 is 1.46 bits per heavy atom. The maximum Gasteiger partial charge on any atom is 0.252 e. The predicted molar refractivity (Wildman–Crippen MR) is 96.9 cm³/mol. The molecule has 1 unspecified atom stereocenters. The third-order valence-electron chi connectivity index (χ3n) is 4.54. The summed E-state index contributed by atoms with van der Waals surface area (Å²) in [7, 11) is 0. The third-order valence-corrected chi connectivity index (χ3v) is 5.82. The van der Waals surface area contributed by atoms with Crippen molar-refractivity contribution >= 4 is 34.5 Å².